The van der Waals surface area contributed by atoms with Crippen molar-refractivity contribution >= 4 is 51.7 Å². The number of amides is 3. The molecule has 3 aromatic carbocycles. The van der Waals surface area contributed by atoms with Gasteiger partial charge in [-0.05, 0) is 80.4 Å². The maximum Gasteiger partial charge on any atom is 0.290 e. The van der Waals surface area contributed by atoms with Gasteiger partial charge >= 0.3 is 0 Å². The molecule has 0 spiro atoms. The minimum atomic E-state index is -0.905. The number of allylic oxidation sites excluding steroid dienone is 1. The SMILES string of the molecule is CCOC1OC(C(=O)Nc2ccc(N3C(=O)c4ccc(Cl)cc4C3=O)c(C)c2)=CC(c2coc3ccccc3c2=O)C1CCOCCOCCO. The Morgan fingerprint density at radius 3 is 2.49 bits per heavy atom. The lowest BCUT2D eigenvalue weighted by atomic mass is 9.81. The molecular weight excluding hydrogens is 680 g/mol. The molecule has 0 saturated carbocycles. The van der Waals surface area contributed by atoms with E-state index in [1.807, 2.05) is 0 Å². The number of aryl methyl sites for hydroxylation is 1. The second-order valence-corrected chi connectivity index (χ2v) is 12.4. The lowest BCUT2D eigenvalue weighted by Crippen LogP contribution is -2.39. The molecule has 6 rings (SSSR count). The number of hydrogen-bond donors (Lipinski definition) is 2. The van der Waals surface area contributed by atoms with Gasteiger partial charge < -0.3 is 33.8 Å². The van der Waals surface area contributed by atoms with Crippen LogP contribution in [0.1, 0.15) is 51.1 Å². The van der Waals surface area contributed by atoms with Crippen LogP contribution in [-0.2, 0) is 23.7 Å². The third-order valence-corrected chi connectivity index (χ3v) is 8.99. The largest absolute Gasteiger partial charge is 0.464 e. The van der Waals surface area contributed by atoms with Gasteiger partial charge in [-0.2, -0.15) is 0 Å². The summed E-state index contributed by atoms with van der Waals surface area (Å²) in [7, 11) is 0. The van der Waals surface area contributed by atoms with Crippen LogP contribution in [0.2, 0.25) is 5.02 Å². The molecule has 1 aromatic heterocycles. The summed E-state index contributed by atoms with van der Waals surface area (Å²) in [6, 6.07) is 16.3. The van der Waals surface area contributed by atoms with Crippen LogP contribution < -0.4 is 15.6 Å². The zero-order valence-electron chi connectivity index (χ0n) is 28.1. The standard InChI is InChI=1S/C38H37ClN2O10/c1-3-49-38-26(12-14-47-16-17-48-15-13-42)28(30-21-50-32-7-5-4-6-27(32)34(30)43)20-33(51-38)35(44)40-24-9-11-31(22(2)18-24)41-36(45)25-10-8-23(39)19-29(25)37(41)46/h4-11,18-21,26,28,38,42H,3,12-17H2,1-2H3,(H,40,44). The number of nitrogens with one attached hydrogen (secondary N) is 1. The number of rotatable bonds is 14. The Kier molecular flexibility index (Phi) is 11.3. The van der Waals surface area contributed by atoms with Crippen molar-refractivity contribution in [3.05, 3.63) is 116 Å². The van der Waals surface area contributed by atoms with E-state index in [0.717, 1.165) is 4.90 Å². The number of anilines is 2. The van der Waals surface area contributed by atoms with E-state index < -0.39 is 35.8 Å². The van der Waals surface area contributed by atoms with Crippen LogP contribution in [-0.4, -0.2) is 68.8 Å². The molecule has 2 N–H and O–H groups in total. The molecule has 3 atom stereocenters. The number of ether oxygens (including phenoxy) is 4. The quantitative estimate of drug-likeness (QED) is 0.125. The van der Waals surface area contributed by atoms with E-state index >= 15 is 0 Å². The van der Waals surface area contributed by atoms with Crippen LogP contribution in [0.5, 0.6) is 0 Å². The normalized spacial score (nSPS) is 18.5. The summed E-state index contributed by atoms with van der Waals surface area (Å²) in [6.07, 6.45) is 2.53. The fourth-order valence-corrected chi connectivity index (χ4v) is 6.50. The highest BCUT2D eigenvalue weighted by Gasteiger charge is 2.40. The molecule has 3 amide bonds. The zero-order chi connectivity index (χ0) is 36.1. The van der Waals surface area contributed by atoms with Crippen LogP contribution in [0.4, 0.5) is 11.4 Å². The molecular formula is C38H37ClN2O10. The van der Waals surface area contributed by atoms with E-state index in [2.05, 4.69) is 5.32 Å². The topological polar surface area (TPSA) is 154 Å². The first-order valence-electron chi connectivity index (χ1n) is 16.6. The maximum atomic E-state index is 13.8. The Hall–Kier alpha value is -4.85. The average molecular weight is 717 g/mol. The van der Waals surface area contributed by atoms with Gasteiger partial charge in [0, 0.05) is 41.3 Å². The van der Waals surface area contributed by atoms with Crippen LogP contribution >= 0.6 is 11.6 Å². The summed E-state index contributed by atoms with van der Waals surface area (Å²) >= 11 is 6.07. The van der Waals surface area contributed by atoms with E-state index in [0.29, 0.717) is 58.1 Å². The summed E-state index contributed by atoms with van der Waals surface area (Å²) in [5.74, 6) is -2.67. The first kappa shape index (κ1) is 36.0. The zero-order valence-corrected chi connectivity index (χ0v) is 28.8. The highest BCUT2D eigenvalue weighted by Crippen LogP contribution is 2.39. The van der Waals surface area contributed by atoms with Gasteiger partial charge in [-0.1, -0.05) is 23.7 Å². The number of para-hydroxylation sites is 1. The molecule has 2 aliphatic rings. The Labute approximate surface area is 298 Å². The number of aliphatic hydroxyl groups is 1. The van der Waals surface area contributed by atoms with Gasteiger partial charge in [0.25, 0.3) is 17.7 Å². The number of carbonyl (C=O) groups excluding carboxylic acids is 3. The van der Waals surface area contributed by atoms with Gasteiger partial charge in [-0.3, -0.25) is 19.2 Å². The predicted molar refractivity (Wildman–Crippen MR) is 189 cm³/mol. The van der Waals surface area contributed by atoms with E-state index in [4.69, 9.17) is 40.1 Å². The van der Waals surface area contributed by atoms with Crippen molar-refractivity contribution in [3.8, 4) is 0 Å². The molecule has 51 heavy (non-hydrogen) atoms. The van der Waals surface area contributed by atoms with Crippen LogP contribution in [0.3, 0.4) is 0 Å². The Morgan fingerprint density at radius 1 is 0.961 bits per heavy atom. The molecule has 0 saturated heterocycles. The molecule has 4 aromatic rings. The lowest BCUT2D eigenvalue weighted by molar-refractivity contribution is -0.166. The van der Waals surface area contributed by atoms with Crippen molar-refractivity contribution < 1.29 is 42.9 Å². The second-order valence-electron chi connectivity index (χ2n) is 12.0. The number of imide groups is 1. The third kappa shape index (κ3) is 7.60. The summed E-state index contributed by atoms with van der Waals surface area (Å²) in [6.45, 7) is 4.85. The van der Waals surface area contributed by atoms with Crippen LogP contribution in [0.15, 0.2) is 88.0 Å². The molecule has 0 aliphatic carbocycles. The number of hydrogen-bond acceptors (Lipinski definition) is 10. The highest BCUT2D eigenvalue weighted by atomic mass is 35.5. The van der Waals surface area contributed by atoms with Gasteiger partial charge in [-0.15, -0.1) is 0 Å². The van der Waals surface area contributed by atoms with E-state index in [-0.39, 0.29) is 48.7 Å². The van der Waals surface area contributed by atoms with Gasteiger partial charge in [0.15, 0.2) is 11.2 Å². The molecule has 0 radical (unpaired) electrons. The number of benzene rings is 3. The fourth-order valence-electron chi connectivity index (χ4n) is 6.33. The van der Waals surface area contributed by atoms with Crippen molar-refractivity contribution in [1.29, 1.82) is 0 Å². The van der Waals surface area contributed by atoms with Crippen molar-refractivity contribution in [1.82, 2.24) is 0 Å². The van der Waals surface area contributed by atoms with Crippen LogP contribution in [0, 0.1) is 12.8 Å². The Balaban J connectivity index is 1.26. The smallest absolute Gasteiger partial charge is 0.290 e. The number of aliphatic hydroxyl groups excluding tert-OH is 1. The average Bonchev–Trinajstić information content (AvgIpc) is 3.36. The Morgan fingerprint density at radius 2 is 1.73 bits per heavy atom. The summed E-state index contributed by atoms with van der Waals surface area (Å²) in [4.78, 5) is 55.0. The maximum absolute atomic E-state index is 13.8. The minimum absolute atomic E-state index is 0.0560. The van der Waals surface area contributed by atoms with Gasteiger partial charge in [-0.25, -0.2) is 4.90 Å². The summed E-state index contributed by atoms with van der Waals surface area (Å²) in [5, 5.41) is 12.5. The van der Waals surface area contributed by atoms with Crippen molar-refractivity contribution in [2.45, 2.75) is 32.5 Å². The minimum Gasteiger partial charge on any atom is -0.464 e. The van der Waals surface area contributed by atoms with Gasteiger partial charge in [0.05, 0.1) is 54.9 Å². The van der Waals surface area contributed by atoms with E-state index in [1.54, 1.807) is 68.5 Å². The molecule has 13 heteroatoms. The molecule has 0 fully saturated rings. The lowest BCUT2D eigenvalue weighted by Gasteiger charge is -2.36. The van der Waals surface area contributed by atoms with E-state index in [1.165, 1.54) is 18.4 Å². The van der Waals surface area contributed by atoms with Crippen molar-refractivity contribution in [3.63, 3.8) is 0 Å². The van der Waals surface area contributed by atoms with Crippen molar-refractivity contribution in [2.75, 3.05) is 49.9 Å². The summed E-state index contributed by atoms with van der Waals surface area (Å²) < 4.78 is 29.1. The second kappa shape index (κ2) is 16.0. The first-order chi connectivity index (χ1) is 24.7. The predicted octanol–water partition coefficient (Wildman–Crippen LogP) is 5.59. The van der Waals surface area contributed by atoms with Crippen molar-refractivity contribution in [2.24, 2.45) is 5.92 Å². The van der Waals surface area contributed by atoms with Gasteiger partial charge in [0.2, 0.25) is 6.29 Å². The Bertz CT molecular complexity index is 2040. The number of nitrogens with zero attached hydrogens (tertiary/aromatic N) is 1. The third-order valence-electron chi connectivity index (χ3n) is 8.75. The molecule has 0 bridgehead atoms. The number of halogens is 1. The molecule has 3 heterocycles. The molecule has 12 nitrogen and oxygen atoms in total. The van der Waals surface area contributed by atoms with Crippen LogP contribution in [0.25, 0.3) is 11.0 Å². The number of fused-ring (bicyclic) bond motifs is 2. The fraction of sp³-hybridized carbons (Fsp3) is 0.316. The van der Waals surface area contributed by atoms with Gasteiger partial charge in [0.1, 0.15) is 5.58 Å². The summed E-state index contributed by atoms with van der Waals surface area (Å²) in [5.41, 5.74) is 2.35. The molecule has 3 unspecified atom stereocenters. The highest BCUT2D eigenvalue weighted by molar-refractivity contribution is 6.37. The number of carbonyl (C=O) groups is 3. The molecule has 266 valence electrons. The van der Waals surface area contributed by atoms with E-state index in [9.17, 15) is 19.2 Å². The monoisotopic (exact) mass is 716 g/mol. The molecule has 2 aliphatic heterocycles. The first-order valence-corrected chi connectivity index (χ1v) is 17.0.